The van der Waals surface area contributed by atoms with Gasteiger partial charge in [-0.25, -0.2) is 9.00 Å². The summed E-state index contributed by atoms with van der Waals surface area (Å²) in [5.74, 6) is 1.11. The van der Waals surface area contributed by atoms with Gasteiger partial charge in [0.2, 0.25) is 6.08 Å². The van der Waals surface area contributed by atoms with Crippen molar-refractivity contribution >= 4 is 22.8 Å². The summed E-state index contributed by atoms with van der Waals surface area (Å²) in [6, 6.07) is 12.8. The van der Waals surface area contributed by atoms with Crippen molar-refractivity contribution in [3.63, 3.8) is 0 Å². The Hall–Kier alpha value is -2.27. The van der Waals surface area contributed by atoms with Crippen LogP contribution >= 0.6 is 0 Å². The summed E-state index contributed by atoms with van der Waals surface area (Å²) >= 11 is -1.99. The monoisotopic (exact) mass is 275 g/mol. The molecule has 0 bridgehead atoms. The summed E-state index contributed by atoms with van der Waals surface area (Å²) in [6.45, 7) is 0. The highest BCUT2D eigenvalue weighted by molar-refractivity contribution is 7.79. The molecule has 0 radical (unpaired) electrons. The van der Waals surface area contributed by atoms with Crippen LogP contribution in [-0.2, 0) is 15.9 Å². The first kappa shape index (κ1) is 13.2. The van der Waals surface area contributed by atoms with Gasteiger partial charge in [-0.3, -0.25) is 0 Å². The highest BCUT2D eigenvalue weighted by atomic mass is 32.2. The molecule has 0 saturated carbocycles. The molecule has 0 aliphatic rings. The minimum atomic E-state index is -1.99. The third-order valence-electron chi connectivity index (χ3n) is 2.27. The number of isocyanates is 1. The molecule has 96 valence electrons. The molecule has 0 aliphatic heterocycles. The molecule has 5 nitrogen and oxygen atoms in total. The fourth-order valence-corrected chi connectivity index (χ4v) is 1.77. The van der Waals surface area contributed by atoms with E-state index in [4.69, 9.17) is 9.29 Å². The number of benzene rings is 2. The molecular formula is C13H9NO4S. The maximum atomic E-state index is 10.8. The van der Waals surface area contributed by atoms with E-state index in [9.17, 15) is 9.00 Å². The van der Waals surface area contributed by atoms with Crippen molar-refractivity contribution in [1.29, 1.82) is 0 Å². The van der Waals surface area contributed by atoms with Gasteiger partial charge in [0.05, 0.1) is 10.6 Å². The minimum Gasteiger partial charge on any atom is -0.457 e. The van der Waals surface area contributed by atoms with Crippen molar-refractivity contribution in [1.82, 2.24) is 0 Å². The van der Waals surface area contributed by atoms with Crippen LogP contribution in [0, 0.1) is 0 Å². The second-order valence-electron chi connectivity index (χ2n) is 3.52. The number of hydrogen-bond acceptors (Lipinski definition) is 4. The van der Waals surface area contributed by atoms with E-state index in [1.54, 1.807) is 36.4 Å². The first-order valence-corrected chi connectivity index (χ1v) is 6.36. The topological polar surface area (TPSA) is 76.0 Å². The van der Waals surface area contributed by atoms with Gasteiger partial charge in [-0.2, -0.15) is 4.99 Å². The van der Waals surface area contributed by atoms with Crippen LogP contribution < -0.4 is 4.74 Å². The van der Waals surface area contributed by atoms with Crippen LogP contribution in [0.4, 0.5) is 5.69 Å². The Morgan fingerprint density at radius 1 is 1.00 bits per heavy atom. The molecule has 0 aromatic heterocycles. The van der Waals surface area contributed by atoms with Gasteiger partial charge in [-0.05, 0) is 48.5 Å². The Bertz CT molecular complexity index is 587. The van der Waals surface area contributed by atoms with E-state index in [1.165, 1.54) is 18.2 Å². The van der Waals surface area contributed by atoms with E-state index >= 15 is 0 Å². The zero-order chi connectivity index (χ0) is 13.7. The lowest BCUT2D eigenvalue weighted by Crippen LogP contribution is -1.88. The minimum absolute atomic E-state index is 0.308. The van der Waals surface area contributed by atoms with Gasteiger partial charge in [0.15, 0.2) is 11.1 Å². The van der Waals surface area contributed by atoms with E-state index in [0.717, 1.165) is 0 Å². The lowest BCUT2D eigenvalue weighted by atomic mass is 10.3. The normalized spacial score (nSPS) is 11.4. The fourth-order valence-electron chi connectivity index (χ4n) is 1.40. The molecule has 0 aliphatic carbocycles. The molecule has 0 amide bonds. The van der Waals surface area contributed by atoms with Crippen LogP contribution in [0.15, 0.2) is 58.4 Å². The molecule has 0 saturated heterocycles. The van der Waals surface area contributed by atoms with E-state index in [1.807, 2.05) is 0 Å². The maximum Gasteiger partial charge on any atom is 0.240 e. The standard InChI is InChI=1S/C13H9NO4S/c15-9-14-10-1-3-11(4-2-10)18-12-5-7-13(8-6-12)19(16)17/h1-8H,(H,16,17). The molecule has 1 atom stereocenters. The fraction of sp³-hybridized carbons (Fsp3) is 0. The Balaban J connectivity index is 2.12. The number of rotatable bonds is 4. The van der Waals surface area contributed by atoms with Crippen molar-refractivity contribution < 1.29 is 18.3 Å². The highest BCUT2D eigenvalue weighted by Crippen LogP contribution is 2.24. The summed E-state index contributed by atoms with van der Waals surface area (Å²) in [5.41, 5.74) is 0.494. The molecule has 6 heteroatoms. The van der Waals surface area contributed by atoms with E-state index < -0.39 is 11.1 Å². The number of hydrogen-bond donors (Lipinski definition) is 1. The maximum absolute atomic E-state index is 10.8. The van der Waals surface area contributed by atoms with Crippen molar-refractivity contribution in [2.45, 2.75) is 4.90 Å². The van der Waals surface area contributed by atoms with E-state index in [0.29, 0.717) is 22.1 Å². The first-order chi connectivity index (χ1) is 9.19. The SMILES string of the molecule is O=C=Nc1ccc(Oc2ccc(S(=O)O)cc2)cc1. The summed E-state index contributed by atoms with van der Waals surface area (Å²) < 4.78 is 25.2. The number of carbonyl (C=O) groups excluding carboxylic acids is 1. The average molecular weight is 275 g/mol. The van der Waals surface area contributed by atoms with Crippen LogP contribution in [-0.4, -0.2) is 14.8 Å². The Morgan fingerprint density at radius 3 is 2.00 bits per heavy atom. The van der Waals surface area contributed by atoms with Crippen LogP contribution in [0.3, 0.4) is 0 Å². The quantitative estimate of drug-likeness (QED) is 0.528. The third-order valence-corrected chi connectivity index (χ3v) is 2.95. The number of nitrogens with zero attached hydrogens (tertiary/aromatic N) is 1. The summed E-state index contributed by atoms with van der Waals surface area (Å²) in [5, 5.41) is 0. The second-order valence-corrected chi connectivity index (χ2v) is 4.49. The second kappa shape index (κ2) is 6.06. The van der Waals surface area contributed by atoms with Crippen molar-refractivity contribution in [2.75, 3.05) is 0 Å². The van der Waals surface area contributed by atoms with E-state index in [2.05, 4.69) is 4.99 Å². The van der Waals surface area contributed by atoms with Gasteiger partial charge in [0, 0.05) is 0 Å². The molecule has 1 N–H and O–H groups in total. The smallest absolute Gasteiger partial charge is 0.240 e. The van der Waals surface area contributed by atoms with Crippen LogP contribution in [0.25, 0.3) is 0 Å². The molecule has 0 spiro atoms. The lowest BCUT2D eigenvalue weighted by Gasteiger charge is -2.05. The van der Waals surface area contributed by atoms with Gasteiger partial charge in [-0.1, -0.05) is 0 Å². The Morgan fingerprint density at radius 2 is 1.53 bits per heavy atom. The molecule has 0 fully saturated rings. The van der Waals surface area contributed by atoms with Crippen molar-refractivity contribution in [3.8, 4) is 11.5 Å². The average Bonchev–Trinajstić information content (AvgIpc) is 2.42. The van der Waals surface area contributed by atoms with E-state index in [-0.39, 0.29) is 0 Å². The summed E-state index contributed by atoms with van der Waals surface area (Å²) in [7, 11) is 0. The Labute approximate surface area is 111 Å². The van der Waals surface area contributed by atoms with Crippen molar-refractivity contribution in [2.24, 2.45) is 4.99 Å². The third kappa shape index (κ3) is 3.59. The molecule has 2 aromatic rings. The summed E-state index contributed by atoms with van der Waals surface area (Å²) in [6.07, 6.45) is 1.45. The van der Waals surface area contributed by atoms with Crippen molar-refractivity contribution in [3.05, 3.63) is 48.5 Å². The number of aliphatic imine (C=N–C) groups is 1. The molecule has 19 heavy (non-hydrogen) atoms. The molecule has 0 heterocycles. The van der Waals surface area contributed by atoms with Gasteiger partial charge in [0.25, 0.3) is 0 Å². The van der Waals surface area contributed by atoms with Crippen LogP contribution in [0.1, 0.15) is 0 Å². The van der Waals surface area contributed by atoms with Gasteiger partial charge < -0.3 is 9.29 Å². The molecule has 2 aromatic carbocycles. The summed E-state index contributed by atoms with van der Waals surface area (Å²) in [4.78, 5) is 13.8. The van der Waals surface area contributed by atoms with Crippen LogP contribution in [0.2, 0.25) is 0 Å². The molecule has 2 rings (SSSR count). The Kier molecular flexibility index (Phi) is 4.20. The molecule has 1 unspecified atom stereocenters. The first-order valence-electron chi connectivity index (χ1n) is 5.26. The van der Waals surface area contributed by atoms with Crippen LogP contribution in [0.5, 0.6) is 11.5 Å². The lowest BCUT2D eigenvalue weighted by molar-refractivity contribution is 0.482. The molecular weight excluding hydrogens is 266 g/mol. The predicted octanol–water partition coefficient (Wildman–Crippen LogP) is 3.03. The zero-order valence-electron chi connectivity index (χ0n) is 9.65. The van der Waals surface area contributed by atoms with Gasteiger partial charge >= 0.3 is 0 Å². The predicted molar refractivity (Wildman–Crippen MR) is 69.8 cm³/mol. The number of ether oxygens (including phenoxy) is 1. The van der Waals surface area contributed by atoms with Gasteiger partial charge in [0.1, 0.15) is 11.5 Å². The largest absolute Gasteiger partial charge is 0.457 e. The zero-order valence-corrected chi connectivity index (χ0v) is 10.5. The van der Waals surface area contributed by atoms with Gasteiger partial charge in [-0.15, -0.1) is 0 Å². The highest BCUT2D eigenvalue weighted by Gasteiger charge is 2.01.